The summed E-state index contributed by atoms with van der Waals surface area (Å²) >= 11 is 7.27. The van der Waals surface area contributed by atoms with Crippen LogP contribution in [-0.2, 0) is 17.9 Å². The fraction of sp³-hybridized carbons (Fsp3) is 0.136. The lowest BCUT2D eigenvalue weighted by Gasteiger charge is -2.14. The highest BCUT2D eigenvalue weighted by atomic mass is 35.5. The number of benzene rings is 2. The Labute approximate surface area is 185 Å². The molecule has 0 aliphatic heterocycles. The number of fused-ring (bicyclic) bond motifs is 1. The smallest absolute Gasteiger partial charge is 0.324 e. The summed E-state index contributed by atoms with van der Waals surface area (Å²) < 4.78 is 16.6. The highest BCUT2D eigenvalue weighted by molar-refractivity contribution is 7.17. The fourth-order valence-electron chi connectivity index (χ4n) is 3.30. The van der Waals surface area contributed by atoms with Crippen molar-refractivity contribution in [3.8, 4) is 0 Å². The maximum absolute atomic E-state index is 14.1. The monoisotopic (exact) mass is 457 g/mol. The molecule has 0 saturated carbocycles. The highest BCUT2D eigenvalue weighted by Crippen LogP contribution is 2.23. The van der Waals surface area contributed by atoms with Gasteiger partial charge in [-0.1, -0.05) is 35.9 Å². The predicted octanol–water partition coefficient (Wildman–Crippen LogP) is 4.01. The Balaban J connectivity index is 1.74. The first-order valence-electron chi connectivity index (χ1n) is 9.36. The third kappa shape index (κ3) is 4.04. The Morgan fingerprint density at radius 3 is 2.65 bits per heavy atom. The van der Waals surface area contributed by atoms with Gasteiger partial charge in [0.1, 0.15) is 17.1 Å². The van der Waals surface area contributed by atoms with E-state index in [1.165, 1.54) is 34.1 Å². The molecule has 0 aliphatic carbocycles. The maximum Gasteiger partial charge on any atom is 0.332 e. The molecule has 4 rings (SSSR count). The maximum atomic E-state index is 14.1. The van der Waals surface area contributed by atoms with Gasteiger partial charge in [0.05, 0.1) is 12.1 Å². The van der Waals surface area contributed by atoms with Crippen LogP contribution in [0.1, 0.15) is 11.1 Å². The van der Waals surface area contributed by atoms with E-state index in [1.54, 1.807) is 42.6 Å². The van der Waals surface area contributed by atoms with Crippen molar-refractivity contribution in [1.82, 2.24) is 9.13 Å². The summed E-state index contributed by atoms with van der Waals surface area (Å²) in [5.41, 5.74) is 0.616. The summed E-state index contributed by atoms with van der Waals surface area (Å²) in [6.45, 7) is 1.23. The van der Waals surface area contributed by atoms with E-state index in [0.717, 1.165) is 4.57 Å². The number of amides is 1. The zero-order valence-electron chi connectivity index (χ0n) is 16.4. The Kier molecular flexibility index (Phi) is 5.75. The van der Waals surface area contributed by atoms with Crippen molar-refractivity contribution in [2.75, 3.05) is 5.32 Å². The minimum Gasteiger partial charge on any atom is -0.324 e. The van der Waals surface area contributed by atoms with Gasteiger partial charge in [0.2, 0.25) is 5.91 Å². The molecular formula is C22H17ClFN3O3S. The minimum absolute atomic E-state index is 0.211. The first-order valence-corrected chi connectivity index (χ1v) is 10.6. The zero-order chi connectivity index (χ0) is 22.1. The van der Waals surface area contributed by atoms with Gasteiger partial charge in [-0.15, -0.1) is 11.3 Å². The molecule has 0 aliphatic rings. The molecule has 2 aromatic heterocycles. The summed E-state index contributed by atoms with van der Waals surface area (Å²) in [7, 11) is 0. The number of carbonyl (C=O) groups excluding carboxylic acids is 1. The largest absolute Gasteiger partial charge is 0.332 e. The van der Waals surface area contributed by atoms with Crippen LogP contribution in [0.15, 0.2) is 63.5 Å². The van der Waals surface area contributed by atoms with Crippen molar-refractivity contribution in [3.05, 3.63) is 96.7 Å². The van der Waals surface area contributed by atoms with Crippen molar-refractivity contribution in [3.63, 3.8) is 0 Å². The van der Waals surface area contributed by atoms with Gasteiger partial charge in [-0.05, 0) is 42.1 Å². The van der Waals surface area contributed by atoms with Crippen LogP contribution in [0.4, 0.5) is 10.1 Å². The molecule has 0 spiro atoms. The molecule has 1 N–H and O–H groups in total. The molecule has 1 amide bonds. The van der Waals surface area contributed by atoms with E-state index in [1.807, 2.05) is 0 Å². The highest BCUT2D eigenvalue weighted by Gasteiger charge is 2.18. The van der Waals surface area contributed by atoms with Gasteiger partial charge in [-0.3, -0.25) is 18.7 Å². The molecule has 2 heterocycles. The van der Waals surface area contributed by atoms with Crippen LogP contribution in [0.3, 0.4) is 0 Å². The second-order valence-corrected chi connectivity index (χ2v) is 8.27. The average Bonchev–Trinajstić information content (AvgIpc) is 3.23. The van der Waals surface area contributed by atoms with Crippen LogP contribution in [0.5, 0.6) is 0 Å². The van der Waals surface area contributed by atoms with Crippen LogP contribution < -0.4 is 16.6 Å². The normalized spacial score (nSPS) is 11.1. The number of hydrogen-bond donors (Lipinski definition) is 1. The first-order chi connectivity index (χ1) is 14.9. The number of nitrogens with zero attached hydrogens (tertiary/aromatic N) is 2. The lowest BCUT2D eigenvalue weighted by molar-refractivity contribution is -0.116. The molecule has 4 aromatic rings. The summed E-state index contributed by atoms with van der Waals surface area (Å²) in [5, 5.41) is 4.93. The number of halogens is 2. The topological polar surface area (TPSA) is 73.1 Å². The Bertz CT molecular complexity index is 1420. The van der Waals surface area contributed by atoms with Crippen LogP contribution in [0.2, 0.25) is 5.02 Å². The minimum atomic E-state index is -0.683. The number of anilines is 1. The van der Waals surface area contributed by atoms with E-state index in [0.29, 0.717) is 26.5 Å². The molecule has 31 heavy (non-hydrogen) atoms. The summed E-state index contributed by atoms with van der Waals surface area (Å²) in [6.07, 6.45) is 0. The first kappa shape index (κ1) is 21.0. The van der Waals surface area contributed by atoms with Crippen molar-refractivity contribution in [2.24, 2.45) is 0 Å². The molecular weight excluding hydrogens is 441 g/mol. The summed E-state index contributed by atoms with van der Waals surface area (Å²) in [5.74, 6) is -0.961. The number of nitrogens with one attached hydrogen (secondary N) is 1. The predicted molar refractivity (Wildman–Crippen MR) is 121 cm³/mol. The van der Waals surface area contributed by atoms with E-state index in [-0.39, 0.29) is 18.7 Å². The van der Waals surface area contributed by atoms with Gasteiger partial charge in [-0.25, -0.2) is 9.18 Å². The third-order valence-corrected chi connectivity index (χ3v) is 6.27. The molecule has 158 valence electrons. The second kappa shape index (κ2) is 8.49. The van der Waals surface area contributed by atoms with Crippen LogP contribution in [0, 0.1) is 12.7 Å². The van der Waals surface area contributed by atoms with E-state index >= 15 is 0 Å². The van der Waals surface area contributed by atoms with Crippen LogP contribution in [0.25, 0.3) is 10.2 Å². The third-order valence-electron chi connectivity index (χ3n) is 4.97. The van der Waals surface area contributed by atoms with E-state index in [9.17, 15) is 18.8 Å². The van der Waals surface area contributed by atoms with Gasteiger partial charge >= 0.3 is 5.69 Å². The number of thiophene rings is 1. The van der Waals surface area contributed by atoms with Crippen molar-refractivity contribution in [1.29, 1.82) is 0 Å². The Hall–Kier alpha value is -3.23. The summed E-state index contributed by atoms with van der Waals surface area (Å²) in [6, 6.07) is 12.7. The van der Waals surface area contributed by atoms with Crippen molar-refractivity contribution < 1.29 is 9.18 Å². The second-order valence-electron chi connectivity index (χ2n) is 6.95. The van der Waals surface area contributed by atoms with Crippen LogP contribution >= 0.6 is 22.9 Å². The van der Waals surface area contributed by atoms with Gasteiger partial charge in [0.15, 0.2) is 0 Å². The molecule has 0 unspecified atom stereocenters. The van der Waals surface area contributed by atoms with Crippen molar-refractivity contribution in [2.45, 2.75) is 20.0 Å². The quantitative estimate of drug-likeness (QED) is 0.492. The zero-order valence-corrected chi connectivity index (χ0v) is 18.0. The summed E-state index contributed by atoms with van der Waals surface area (Å²) in [4.78, 5) is 38.7. The van der Waals surface area contributed by atoms with Gasteiger partial charge in [0.25, 0.3) is 5.56 Å². The SMILES string of the molecule is Cc1c(Cl)cccc1NC(=O)Cn1c(=O)n(Cc2ccccc2F)c(=O)c2sccc21. The van der Waals surface area contributed by atoms with Gasteiger partial charge < -0.3 is 5.32 Å². The van der Waals surface area contributed by atoms with E-state index < -0.39 is 23.0 Å². The molecule has 0 atom stereocenters. The molecule has 9 heteroatoms. The Morgan fingerprint density at radius 2 is 1.87 bits per heavy atom. The number of aromatic nitrogens is 2. The van der Waals surface area contributed by atoms with E-state index in [4.69, 9.17) is 11.6 Å². The molecule has 0 radical (unpaired) electrons. The van der Waals surface area contributed by atoms with E-state index in [2.05, 4.69) is 5.32 Å². The molecule has 0 saturated heterocycles. The molecule has 2 aromatic carbocycles. The van der Waals surface area contributed by atoms with Crippen LogP contribution in [-0.4, -0.2) is 15.0 Å². The lowest BCUT2D eigenvalue weighted by atomic mass is 10.2. The average molecular weight is 458 g/mol. The standard InChI is InChI=1S/C22H17ClFN3O3S/c1-13-15(23)6-4-8-17(13)25-19(28)12-26-18-9-10-31-20(18)21(29)27(22(26)30)11-14-5-2-3-7-16(14)24/h2-10H,11-12H2,1H3,(H,25,28). The molecule has 0 fully saturated rings. The lowest BCUT2D eigenvalue weighted by Crippen LogP contribution is -2.41. The van der Waals surface area contributed by atoms with Gasteiger partial charge in [-0.2, -0.15) is 0 Å². The fourth-order valence-corrected chi connectivity index (χ4v) is 4.32. The molecule has 0 bridgehead atoms. The van der Waals surface area contributed by atoms with Gasteiger partial charge in [0, 0.05) is 16.3 Å². The Morgan fingerprint density at radius 1 is 1.10 bits per heavy atom. The number of hydrogen-bond acceptors (Lipinski definition) is 4. The molecule has 6 nitrogen and oxygen atoms in total. The number of rotatable bonds is 5. The van der Waals surface area contributed by atoms with Crippen molar-refractivity contribution >= 4 is 44.7 Å². The number of carbonyl (C=O) groups is 1.